The molecule has 5 heteroatoms. The van der Waals surface area contributed by atoms with Gasteiger partial charge in [0.1, 0.15) is 0 Å². The highest BCUT2D eigenvalue weighted by Crippen LogP contribution is 2.24. The van der Waals surface area contributed by atoms with Gasteiger partial charge in [-0.15, -0.1) is 0 Å². The van der Waals surface area contributed by atoms with E-state index in [1.54, 1.807) is 0 Å². The Morgan fingerprint density at radius 1 is 0.967 bits per heavy atom. The molecular formula is C25H30N4O. The summed E-state index contributed by atoms with van der Waals surface area (Å²) in [6.07, 6.45) is 2.67. The zero-order chi connectivity index (χ0) is 21.3. The summed E-state index contributed by atoms with van der Waals surface area (Å²) in [5.41, 5.74) is 5.68. The molecule has 3 rings (SSSR count). The molecule has 2 N–H and O–H groups in total. The van der Waals surface area contributed by atoms with Gasteiger partial charge in [0.2, 0.25) is 0 Å². The van der Waals surface area contributed by atoms with Crippen molar-refractivity contribution >= 4 is 23.0 Å². The third-order valence-electron chi connectivity index (χ3n) is 5.08. The van der Waals surface area contributed by atoms with Crippen molar-refractivity contribution in [2.24, 2.45) is 0 Å². The Bertz CT molecular complexity index is 951. The van der Waals surface area contributed by atoms with Gasteiger partial charge in [-0.2, -0.15) is 0 Å². The number of pyridine rings is 1. The first-order chi connectivity index (χ1) is 14.6. The highest BCUT2D eigenvalue weighted by atomic mass is 16.1. The Labute approximate surface area is 179 Å². The maximum atomic E-state index is 12.9. The van der Waals surface area contributed by atoms with Gasteiger partial charge in [0.25, 0.3) is 5.91 Å². The first-order valence-corrected chi connectivity index (χ1v) is 10.5. The summed E-state index contributed by atoms with van der Waals surface area (Å²) in [5, 5.41) is 6.42. The van der Waals surface area contributed by atoms with Gasteiger partial charge in [-0.1, -0.05) is 12.1 Å². The Balaban J connectivity index is 1.62. The summed E-state index contributed by atoms with van der Waals surface area (Å²) >= 11 is 0. The zero-order valence-corrected chi connectivity index (χ0v) is 18.0. The Morgan fingerprint density at radius 2 is 1.70 bits per heavy atom. The fraction of sp³-hybridized carbons (Fsp3) is 0.280. The lowest BCUT2D eigenvalue weighted by Gasteiger charge is -2.24. The molecule has 0 bridgehead atoms. The van der Waals surface area contributed by atoms with Crippen LogP contribution in [0.2, 0.25) is 0 Å². The molecule has 0 aliphatic rings. The summed E-state index contributed by atoms with van der Waals surface area (Å²) < 4.78 is 0. The molecule has 0 saturated heterocycles. The normalized spacial score (nSPS) is 10.5. The summed E-state index contributed by atoms with van der Waals surface area (Å²) in [5.74, 6) is -0.0900. The largest absolute Gasteiger partial charge is 0.385 e. The molecule has 1 amide bonds. The number of carbonyl (C=O) groups is 1. The van der Waals surface area contributed by atoms with Crippen molar-refractivity contribution < 1.29 is 4.79 Å². The van der Waals surface area contributed by atoms with Crippen LogP contribution in [-0.4, -0.2) is 30.5 Å². The SMILES string of the molecule is CCN(CC)c1cc(C)ccc1C(=O)Nc1ccc(NCCc2ccccn2)cc1. The minimum Gasteiger partial charge on any atom is -0.385 e. The molecule has 30 heavy (non-hydrogen) atoms. The van der Waals surface area contributed by atoms with Gasteiger partial charge in [0.15, 0.2) is 0 Å². The van der Waals surface area contributed by atoms with Gasteiger partial charge in [-0.05, 0) is 74.9 Å². The van der Waals surface area contributed by atoms with Crippen molar-refractivity contribution in [3.63, 3.8) is 0 Å². The second-order valence-electron chi connectivity index (χ2n) is 7.22. The van der Waals surface area contributed by atoms with Gasteiger partial charge >= 0.3 is 0 Å². The number of hydrogen-bond donors (Lipinski definition) is 2. The molecule has 0 spiro atoms. The third kappa shape index (κ3) is 5.60. The van der Waals surface area contributed by atoms with Crippen LogP contribution in [0.1, 0.15) is 35.5 Å². The van der Waals surface area contributed by atoms with Crippen molar-refractivity contribution in [1.82, 2.24) is 4.98 Å². The Morgan fingerprint density at radius 3 is 2.37 bits per heavy atom. The van der Waals surface area contributed by atoms with E-state index in [1.165, 1.54) is 0 Å². The first kappa shape index (κ1) is 21.4. The van der Waals surface area contributed by atoms with Crippen LogP contribution in [0.15, 0.2) is 66.9 Å². The molecule has 0 saturated carbocycles. The molecule has 156 valence electrons. The van der Waals surface area contributed by atoms with Crippen LogP contribution in [0, 0.1) is 6.92 Å². The first-order valence-electron chi connectivity index (χ1n) is 10.5. The van der Waals surface area contributed by atoms with E-state index >= 15 is 0 Å². The number of rotatable bonds is 9. The Kier molecular flexibility index (Phi) is 7.44. The van der Waals surface area contributed by atoms with Gasteiger partial charge in [-0.3, -0.25) is 9.78 Å². The minimum atomic E-state index is -0.0900. The van der Waals surface area contributed by atoms with Gasteiger partial charge in [-0.25, -0.2) is 0 Å². The number of hydrogen-bond acceptors (Lipinski definition) is 4. The topological polar surface area (TPSA) is 57.3 Å². The number of nitrogens with one attached hydrogen (secondary N) is 2. The van der Waals surface area contributed by atoms with E-state index < -0.39 is 0 Å². The average Bonchev–Trinajstić information content (AvgIpc) is 2.77. The van der Waals surface area contributed by atoms with Gasteiger partial charge in [0.05, 0.1) is 5.56 Å². The molecule has 0 aliphatic carbocycles. The van der Waals surface area contributed by atoms with Crippen molar-refractivity contribution in [1.29, 1.82) is 0 Å². The van der Waals surface area contributed by atoms with Crippen LogP contribution in [0.4, 0.5) is 17.1 Å². The lowest BCUT2D eigenvalue weighted by atomic mass is 10.1. The van der Waals surface area contributed by atoms with Crippen molar-refractivity contribution in [2.45, 2.75) is 27.2 Å². The van der Waals surface area contributed by atoms with Crippen molar-refractivity contribution in [3.8, 4) is 0 Å². The van der Waals surface area contributed by atoms with E-state index in [1.807, 2.05) is 67.7 Å². The van der Waals surface area contributed by atoms with Crippen LogP contribution in [0.25, 0.3) is 0 Å². The summed E-state index contributed by atoms with van der Waals surface area (Å²) in [4.78, 5) is 19.5. The maximum absolute atomic E-state index is 12.9. The molecule has 1 aromatic heterocycles. The van der Waals surface area contributed by atoms with E-state index in [-0.39, 0.29) is 5.91 Å². The van der Waals surface area contributed by atoms with E-state index in [0.29, 0.717) is 5.56 Å². The quantitative estimate of drug-likeness (QED) is 0.520. The number of carbonyl (C=O) groups excluding carboxylic acids is 1. The molecule has 0 radical (unpaired) electrons. The fourth-order valence-corrected chi connectivity index (χ4v) is 3.41. The molecule has 3 aromatic rings. The van der Waals surface area contributed by atoms with Crippen LogP contribution in [0.3, 0.4) is 0 Å². The Hall–Kier alpha value is -3.34. The van der Waals surface area contributed by atoms with Crippen molar-refractivity contribution in [2.75, 3.05) is 35.2 Å². The van der Waals surface area contributed by atoms with Crippen LogP contribution >= 0.6 is 0 Å². The van der Waals surface area contributed by atoms with Crippen LogP contribution in [0.5, 0.6) is 0 Å². The van der Waals surface area contributed by atoms with Gasteiger partial charge in [0, 0.05) is 55.0 Å². The predicted molar refractivity (Wildman–Crippen MR) is 126 cm³/mol. The predicted octanol–water partition coefficient (Wildman–Crippen LogP) is 5.14. The minimum absolute atomic E-state index is 0.0900. The fourth-order valence-electron chi connectivity index (χ4n) is 3.41. The third-order valence-corrected chi connectivity index (χ3v) is 5.08. The second kappa shape index (κ2) is 10.4. The molecule has 0 unspecified atom stereocenters. The van der Waals surface area contributed by atoms with E-state index in [2.05, 4.69) is 40.4 Å². The van der Waals surface area contributed by atoms with E-state index in [9.17, 15) is 4.79 Å². The average molecular weight is 403 g/mol. The lowest BCUT2D eigenvalue weighted by Crippen LogP contribution is -2.25. The summed E-state index contributed by atoms with van der Waals surface area (Å²) in [7, 11) is 0. The number of aromatic nitrogens is 1. The summed E-state index contributed by atoms with van der Waals surface area (Å²) in [6, 6.07) is 19.7. The number of benzene rings is 2. The highest BCUT2D eigenvalue weighted by Gasteiger charge is 2.15. The molecule has 0 aliphatic heterocycles. The lowest BCUT2D eigenvalue weighted by molar-refractivity contribution is 0.102. The standard InChI is InChI=1S/C25H30N4O/c1-4-29(5-2)24-18-19(3)9-14-23(24)25(30)28-22-12-10-21(11-13-22)27-17-15-20-8-6-7-16-26-20/h6-14,16,18,27H,4-5,15,17H2,1-3H3,(H,28,30). The van der Waals surface area contributed by atoms with Crippen molar-refractivity contribution in [3.05, 3.63) is 83.7 Å². The van der Waals surface area contributed by atoms with E-state index in [0.717, 1.165) is 54.4 Å². The molecule has 0 atom stereocenters. The van der Waals surface area contributed by atoms with Crippen LogP contribution < -0.4 is 15.5 Å². The van der Waals surface area contributed by atoms with E-state index in [4.69, 9.17) is 0 Å². The number of nitrogens with zero attached hydrogens (tertiary/aromatic N) is 2. The molecule has 0 fully saturated rings. The number of amides is 1. The number of aryl methyl sites for hydroxylation is 1. The number of anilines is 3. The molecule has 1 heterocycles. The molecule has 5 nitrogen and oxygen atoms in total. The van der Waals surface area contributed by atoms with Gasteiger partial charge < -0.3 is 15.5 Å². The smallest absolute Gasteiger partial charge is 0.257 e. The molecule has 2 aromatic carbocycles. The summed E-state index contributed by atoms with van der Waals surface area (Å²) in [6.45, 7) is 8.78. The monoisotopic (exact) mass is 402 g/mol. The molecular weight excluding hydrogens is 372 g/mol. The second-order valence-corrected chi connectivity index (χ2v) is 7.22. The zero-order valence-electron chi connectivity index (χ0n) is 18.0. The van der Waals surface area contributed by atoms with Crippen LogP contribution in [-0.2, 0) is 6.42 Å². The maximum Gasteiger partial charge on any atom is 0.257 e. The highest BCUT2D eigenvalue weighted by molar-refractivity contribution is 6.08.